The summed E-state index contributed by atoms with van der Waals surface area (Å²) in [6, 6.07) is 12.7. The summed E-state index contributed by atoms with van der Waals surface area (Å²) >= 11 is 0. The van der Waals surface area contributed by atoms with E-state index < -0.39 is 0 Å². The predicted molar refractivity (Wildman–Crippen MR) is 72.7 cm³/mol. The van der Waals surface area contributed by atoms with Gasteiger partial charge in [0.05, 0.1) is 0 Å². The molecule has 2 nitrogen and oxygen atoms in total. The maximum atomic E-state index is 5.71. The Morgan fingerprint density at radius 3 is 2.47 bits per heavy atom. The number of nitrogens with zero attached hydrogens (tertiary/aromatic N) is 1. The second kappa shape index (κ2) is 5.19. The van der Waals surface area contributed by atoms with Gasteiger partial charge in [0.15, 0.2) is 0 Å². The average Bonchev–Trinajstić information content (AvgIpc) is 2.29. The van der Waals surface area contributed by atoms with Gasteiger partial charge in [0.2, 0.25) is 0 Å². The molecule has 0 aliphatic heterocycles. The third kappa shape index (κ3) is 3.21. The standard InChI is InChI=1S/C15H19NO/c1-12-4-5-14-11-15(7-6-13(14)10-12)17-9-8-16(2)3/h4-7,10-11H,8-9H2,1-3H3. The van der Waals surface area contributed by atoms with E-state index in [2.05, 4.69) is 42.2 Å². The summed E-state index contributed by atoms with van der Waals surface area (Å²) in [6.45, 7) is 3.78. The van der Waals surface area contributed by atoms with Crippen molar-refractivity contribution in [3.63, 3.8) is 0 Å². The summed E-state index contributed by atoms with van der Waals surface area (Å²) in [6.07, 6.45) is 0. The summed E-state index contributed by atoms with van der Waals surface area (Å²) in [5, 5.41) is 2.50. The molecular formula is C15H19NO. The highest BCUT2D eigenvalue weighted by Crippen LogP contribution is 2.21. The largest absolute Gasteiger partial charge is 0.492 e. The summed E-state index contributed by atoms with van der Waals surface area (Å²) in [7, 11) is 4.10. The molecule has 0 aliphatic rings. The highest BCUT2D eigenvalue weighted by molar-refractivity contribution is 5.84. The lowest BCUT2D eigenvalue weighted by Gasteiger charge is -2.11. The van der Waals surface area contributed by atoms with Crippen LogP contribution in [0, 0.1) is 6.92 Å². The van der Waals surface area contributed by atoms with E-state index >= 15 is 0 Å². The average molecular weight is 229 g/mol. The lowest BCUT2D eigenvalue weighted by Crippen LogP contribution is -2.19. The summed E-state index contributed by atoms with van der Waals surface area (Å²) < 4.78 is 5.71. The number of aryl methyl sites for hydroxylation is 1. The van der Waals surface area contributed by atoms with Crippen LogP contribution in [0.2, 0.25) is 0 Å². The molecule has 0 heterocycles. The molecule has 0 bridgehead atoms. The lowest BCUT2D eigenvalue weighted by atomic mass is 10.1. The van der Waals surface area contributed by atoms with Gasteiger partial charge in [-0.15, -0.1) is 0 Å². The number of ether oxygens (including phenoxy) is 1. The van der Waals surface area contributed by atoms with Crippen molar-refractivity contribution in [1.82, 2.24) is 4.90 Å². The molecule has 0 radical (unpaired) electrons. The number of rotatable bonds is 4. The maximum absolute atomic E-state index is 5.71. The van der Waals surface area contributed by atoms with Crippen molar-refractivity contribution in [1.29, 1.82) is 0 Å². The number of benzene rings is 2. The van der Waals surface area contributed by atoms with E-state index in [0.717, 1.165) is 18.9 Å². The van der Waals surface area contributed by atoms with Gasteiger partial charge in [0, 0.05) is 6.54 Å². The Morgan fingerprint density at radius 1 is 1.00 bits per heavy atom. The van der Waals surface area contributed by atoms with Gasteiger partial charge in [-0.2, -0.15) is 0 Å². The molecule has 17 heavy (non-hydrogen) atoms. The van der Waals surface area contributed by atoms with E-state index in [4.69, 9.17) is 4.74 Å². The van der Waals surface area contributed by atoms with Crippen molar-refractivity contribution in [3.05, 3.63) is 42.0 Å². The molecule has 0 fully saturated rings. The van der Waals surface area contributed by atoms with E-state index in [9.17, 15) is 0 Å². The molecule has 0 saturated heterocycles. The highest BCUT2D eigenvalue weighted by atomic mass is 16.5. The van der Waals surface area contributed by atoms with Gasteiger partial charge in [-0.1, -0.05) is 29.8 Å². The second-order valence-corrected chi connectivity index (χ2v) is 4.66. The zero-order valence-corrected chi connectivity index (χ0v) is 10.7. The number of likely N-dealkylation sites (N-methyl/N-ethyl adjacent to an activating group) is 1. The second-order valence-electron chi connectivity index (χ2n) is 4.66. The van der Waals surface area contributed by atoms with Crippen LogP contribution < -0.4 is 4.74 Å². The van der Waals surface area contributed by atoms with Crippen molar-refractivity contribution in [2.75, 3.05) is 27.2 Å². The number of fused-ring (bicyclic) bond motifs is 1. The monoisotopic (exact) mass is 229 g/mol. The van der Waals surface area contributed by atoms with Gasteiger partial charge in [0.1, 0.15) is 12.4 Å². The Labute approximate surface area is 103 Å². The maximum Gasteiger partial charge on any atom is 0.120 e. The topological polar surface area (TPSA) is 12.5 Å². The fraction of sp³-hybridized carbons (Fsp3) is 0.333. The van der Waals surface area contributed by atoms with Crippen molar-refractivity contribution in [2.24, 2.45) is 0 Å². The minimum atomic E-state index is 0.727. The molecular weight excluding hydrogens is 210 g/mol. The lowest BCUT2D eigenvalue weighted by molar-refractivity contribution is 0.261. The van der Waals surface area contributed by atoms with Crippen LogP contribution in [-0.2, 0) is 0 Å². The minimum absolute atomic E-state index is 0.727. The summed E-state index contributed by atoms with van der Waals surface area (Å²) in [5.74, 6) is 0.947. The van der Waals surface area contributed by atoms with Gasteiger partial charge >= 0.3 is 0 Å². The van der Waals surface area contributed by atoms with E-state index in [0.29, 0.717) is 0 Å². The normalized spacial score (nSPS) is 11.1. The molecule has 0 amide bonds. The van der Waals surface area contributed by atoms with Crippen molar-refractivity contribution in [2.45, 2.75) is 6.92 Å². The zero-order chi connectivity index (χ0) is 12.3. The fourth-order valence-electron chi connectivity index (χ4n) is 1.78. The quantitative estimate of drug-likeness (QED) is 0.799. The zero-order valence-electron chi connectivity index (χ0n) is 10.7. The Kier molecular flexibility index (Phi) is 3.64. The number of hydrogen-bond donors (Lipinski definition) is 0. The van der Waals surface area contributed by atoms with Crippen LogP contribution in [0.5, 0.6) is 5.75 Å². The molecule has 2 aromatic carbocycles. The first-order valence-electron chi connectivity index (χ1n) is 5.93. The molecule has 2 heteroatoms. The van der Waals surface area contributed by atoms with Gasteiger partial charge in [-0.3, -0.25) is 0 Å². The molecule has 0 unspecified atom stereocenters. The summed E-state index contributed by atoms with van der Waals surface area (Å²) in [5.41, 5.74) is 1.29. The smallest absolute Gasteiger partial charge is 0.120 e. The molecule has 0 N–H and O–H groups in total. The molecule has 0 aliphatic carbocycles. The molecule has 0 aromatic heterocycles. The van der Waals surface area contributed by atoms with Crippen LogP contribution in [-0.4, -0.2) is 32.1 Å². The van der Waals surface area contributed by atoms with Crippen LogP contribution in [0.25, 0.3) is 10.8 Å². The van der Waals surface area contributed by atoms with Crippen LogP contribution in [0.1, 0.15) is 5.56 Å². The third-order valence-electron chi connectivity index (χ3n) is 2.77. The van der Waals surface area contributed by atoms with Crippen LogP contribution in [0.15, 0.2) is 36.4 Å². The molecule has 0 saturated carbocycles. The van der Waals surface area contributed by atoms with E-state index in [1.807, 2.05) is 20.2 Å². The fourth-order valence-corrected chi connectivity index (χ4v) is 1.78. The van der Waals surface area contributed by atoms with Crippen LogP contribution in [0.3, 0.4) is 0 Å². The minimum Gasteiger partial charge on any atom is -0.492 e. The molecule has 90 valence electrons. The Morgan fingerprint density at radius 2 is 1.71 bits per heavy atom. The van der Waals surface area contributed by atoms with Gasteiger partial charge in [-0.25, -0.2) is 0 Å². The third-order valence-corrected chi connectivity index (χ3v) is 2.77. The van der Waals surface area contributed by atoms with Crippen LogP contribution >= 0.6 is 0 Å². The summed E-state index contributed by atoms with van der Waals surface area (Å²) in [4.78, 5) is 2.12. The molecule has 0 spiro atoms. The Hall–Kier alpha value is -1.54. The van der Waals surface area contributed by atoms with Crippen molar-refractivity contribution < 1.29 is 4.74 Å². The van der Waals surface area contributed by atoms with Gasteiger partial charge < -0.3 is 9.64 Å². The van der Waals surface area contributed by atoms with Gasteiger partial charge in [0.25, 0.3) is 0 Å². The predicted octanol–water partition coefficient (Wildman–Crippen LogP) is 3.09. The molecule has 0 atom stereocenters. The van der Waals surface area contributed by atoms with E-state index in [1.54, 1.807) is 0 Å². The van der Waals surface area contributed by atoms with Gasteiger partial charge in [-0.05, 0) is 43.9 Å². The molecule has 2 aromatic rings. The van der Waals surface area contributed by atoms with Crippen molar-refractivity contribution in [3.8, 4) is 5.75 Å². The Balaban J connectivity index is 2.12. The SMILES string of the molecule is Cc1ccc2cc(OCCN(C)C)ccc2c1. The highest BCUT2D eigenvalue weighted by Gasteiger charge is 1.98. The first-order chi connectivity index (χ1) is 8.15. The Bertz CT molecular complexity index is 505. The van der Waals surface area contributed by atoms with Crippen molar-refractivity contribution >= 4 is 10.8 Å². The van der Waals surface area contributed by atoms with E-state index in [1.165, 1.54) is 16.3 Å². The number of hydrogen-bond acceptors (Lipinski definition) is 2. The first-order valence-corrected chi connectivity index (χ1v) is 5.93. The van der Waals surface area contributed by atoms with E-state index in [-0.39, 0.29) is 0 Å². The van der Waals surface area contributed by atoms with Crippen LogP contribution in [0.4, 0.5) is 0 Å². The first kappa shape index (κ1) is 11.9. The molecule has 2 rings (SSSR count).